The van der Waals surface area contributed by atoms with E-state index in [-0.39, 0.29) is 24.3 Å². The fraction of sp³-hybridized carbons (Fsp3) is 0.379. The van der Waals surface area contributed by atoms with E-state index in [1.54, 1.807) is 0 Å². The van der Waals surface area contributed by atoms with Gasteiger partial charge in [0, 0.05) is 18.6 Å². The molecule has 3 N–H and O–H groups in total. The van der Waals surface area contributed by atoms with Crippen LogP contribution in [0, 0.1) is 6.92 Å². The predicted octanol–water partition coefficient (Wildman–Crippen LogP) is 4.79. The van der Waals surface area contributed by atoms with Crippen LogP contribution < -0.4 is 11.1 Å². The minimum absolute atomic E-state index is 0.0570. The molecule has 2 unspecified atom stereocenters. The monoisotopic (exact) mass is 444 g/mol. The van der Waals surface area contributed by atoms with E-state index >= 15 is 0 Å². The SMILES string of the molecule is Cc1cccc(CN[C@H](Cc2ccccc2)C2OC(C)(C)OC2[C@H](N)Cc2ccccc2)c1. The van der Waals surface area contributed by atoms with E-state index in [4.69, 9.17) is 15.2 Å². The molecule has 4 nitrogen and oxygen atoms in total. The molecule has 0 spiro atoms. The first-order valence-electron chi connectivity index (χ1n) is 11.9. The Balaban J connectivity index is 1.56. The molecule has 0 radical (unpaired) electrons. The first-order valence-corrected chi connectivity index (χ1v) is 11.9. The molecule has 0 aromatic heterocycles. The molecule has 33 heavy (non-hydrogen) atoms. The summed E-state index contributed by atoms with van der Waals surface area (Å²) in [4.78, 5) is 0. The first kappa shape index (κ1) is 23.7. The molecule has 0 aliphatic carbocycles. The zero-order valence-electron chi connectivity index (χ0n) is 19.9. The largest absolute Gasteiger partial charge is 0.343 e. The molecular weight excluding hydrogens is 408 g/mol. The summed E-state index contributed by atoms with van der Waals surface area (Å²) in [7, 11) is 0. The van der Waals surface area contributed by atoms with E-state index in [0.29, 0.717) is 0 Å². The van der Waals surface area contributed by atoms with Gasteiger partial charge in [-0.05, 0) is 50.3 Å². The van der Waals surface area contributed by atoms with Gasteiger partial charge in [0.15, 0.2) is 5.79 Å². The molecule has 0 saturated carbocycles. The summed E-state index contributed by atoms with van der Waals surface area (Å²) in [6.07, 6.45) is 1.21. The van der Waals surface area contributed by atoms with Crippen molar-refractivity contribution < 1.29 is 9.47 Å². The lowest BCUT2D eigenvalue weighted by molar-refractivity contribution is -0.150. The highest BCUT2D eigenvalue weighted by Crippen LogP contribution is 2.33. The van der Waals surface area contributed by atoms with Crippen molar-refractivity contribution in [2.45, 2.75) is 70.2 Å². The molecule has 1 fully saturated rings. The van der Waals surface area contributed by atoms with Gasteiger partial charge in [-0.3, -0.25) is 0 Å². The Morgan fingerprint density at radius 2 is 1.36 bits per heavy atom. The van der Waals surface area contributed by atoms with Gasteiger partial charge in [-0.15, -0.1) is 0 Å². The number of aryl methyl sites for hydroxylation is 1. The highest BCUT2D eigenvalue weighted by Gasteiger charge is 2.47. The van der Waals surface area contributed by atoms with E-state index < -0.39 is 5.79 Å². The maximum absolute atomic E-state index is 6.75. The highest BCUT2D eigenvalue weighted by molar-refractivity contribution is 5.23. The number of nitrogens with one attached hydrogen (secondary N) is 1. The van der Waals surface area contributed by atoms with Gasteiger partial charge in [-0.2, -0.15) is 0 Å². The van der Waals surface area contributed by atoms with Crippen LogP contribution in [-0.4, -0.2) is 30.1 Å². The average molecular weight is 445 g/mol. The van der Waals surface area contributed by atoms with Crippen LogP contribution in [0.1, 0.15) is 36.1 Å². The molecule has 3 aromatic carbocycles. The quantitative estimate of drug-likeness (QED) is 0.498. The van der Waals surface area contributed by atoms with Crippen molar-refractivity contribution in [1.82, 2.24) is 5.32 Å². The number of benzene rings is 3. The lowest BCUT2D eigenvalue weighted by Crippen LogP contribution is -2.52. The zero-order valence-corrected chi connectivity index (χ0v) is 19.9. The van der Waals surface area contributed by atoms with Gasteiger partial charge in [0.05, 0.1) is 0 Å². The standard InChI is InChI=1S/C29H36N2O2/c1-21-11-10-16-24(17-21)20-31-26(19-23-14-8-5-9-15-23)28-27(32-29(2,3)33-28)25(30)18-22-12-6-4-7-13-22/h4-17,25-28,31H,18-20,30H2,1-3H3/t25-,26-,27?,28?/m1/s1. The van der Waals surface area contributed by atoms with Crippen LogP contribution in [0.4, 0.5) is 0 Å². The molecular formula is C29H36N2O2. The van der Waals surface area contributed by atoms with Gasteiger partial charge in [-0.25, -0.2) is 0 Å². The molecule has 4 atom stereocenters. The summed E-state index contributed by atoms with van der Waals surface area (Å²) in [5.74, 6) is -0.677. The van der Waals surface area contributed by atoms with Crippen molar-refractivity contribution in [2.75, 3.05) is 0 Å². The highest BCUT2D eigenvalue weighted by atomic mass is 16.8. The third kappa shape index (κ3) is 6.52. The molecule has 1 saturated heterocycles. The number of hydrogen-bond donors (Lipinski definition) is 2. The van der Waals surface area contributed by atoms with E-state index in [1.165, 1.54) is 22.3 Å². The first-order chi connectivity index (χ1) is 15.9. The minimum atomic E-state index is -0.677. The number of ether oxygens (including phenoxy) is 2. The van der Waals surface area contributed by atoms with Crippen molar-refractivity contribution in [2.24, 2.45) is 5.73 Å². The Labute approximate surface area is 198 Å². The Bertz CT molecular complexity index is 1010. The smallest absolute Gasteiger partial charge is 0.163 e. The summed E-state index contributed by atoms with van der Waals surface area (Å²) in [6, 6.07) is 29.4. The minimum Gasteiger partial charge on any atom is -0.343 e. The molecule has 3 aromatic rings. The average Bonchev–Trinajstić information content (AvgIpc) is 3.13. The van der Waals surface area contributed by atoms with Gasteiger partial charge in [0.25, 0.3) is 0 Å². The Morgan fingerprint density at radius 1 is 0.788 bits per heavy atom. The number of rotatable bonds is 9. The van der Waals surface area contributed by atoms with Crippen molar-refractivity contribution >= 4 is 0 Å². The molecule has 1 aliphatic heterocycles. The number of nitrogens with two attached hydrogens (primary N) is 1. The van der Waals surface area contributed by atoms with Crippen molar-refractivity contribution in [1.29, 1.82) is 0 Å². The molecule has 174 valence electrons. The number of hydrogen-bond acceptors (Lipinski definition) is 4. The fourth-order valence-corrected chi connectivity index (χ4v) is 4.71. The lowest BCUT2D eigenvalue weighted by Gasteiger charge is -2.30. The maximum Gasteiger partial charge on any atom is 0.163 e. The van der Waals surface area contributed by atoms with Crippen LogP contribution in [0.15, 0.2) is 84.9 Å². The van der Waals surface area contributed by atoms with Crippen molar-refractivity contribution in [3.63, 3.8) is 0 Å². The molecule has 0 amide bonds. The lowest BCUT2D eigenvalue weighted by atomic mass is 9.91. The Kier molecular flexibility index (Phi) is 7.61. The van der Waals surface area contributed by atoms with Crippen LogP contribution in [0.2, 0.25) is 0 Å². The zero-order chi connectivity index (χ0) is 23.3. The second kappa shape index (κ2) is 10.6. The molecule has 0 bridgehead atoms. The maximum atomic E-state index is 6.75. The fourth-order valence-electron chi connectivity index (χ4n) is 4.71. The molecule has 1 aliphatic rings. The van der Waals surface area contributed by atoms with Gasteiger partial charge in [0.2, 0.25) is 0 Å². The van der Waals surface area contributed by atoms with Crippen LogP contribution in [0.25, 0.3) is 0 Å². The second-order valence-corrected chi connectivity index (χ2v) is 9.58. The summed E-state index contributed by atoms with van der Waals surface area (Å²) >= 11 is 0. The normalized spacial score (nSPS) is 21.6. The van der Waals surface area contributed by atoms with Crippen molar-refractivity contribution in [3.8, 4) is 0 Å². The van der Waals surface area contributed by atoms with E-state index in [9.17, 15) is 0 Å². The van der Waals surface area contributed by atoms with E-state index in [2.05, 4.69) is 91.1 Å². The Hall–Kier alpha value is -2.50. The van der Waals surface area contributed by atoms with E-state index in [0.717, 1.165) is 19.4 Å². The van der Waals surface area contributed by atoms with Crippen LogP contribution >= 0.6 is 0 Å². The van der Waals surface area contributed by atoms with Crippen LogP contribution in [-0.2, 0) is 28.9 Å². The van der Waals surface area contributed by atoms with Crippen molar-refractivity contribution in [3.05, 3.63) is 107 Å². The summed E-state index contributed by atoms with van der Waals surface area (Å²) in [5, 5.41) is 3.78. The summed E-state index contributed by atoms with van der Waals surface area (Å²) < 4.78 is 12.9. The summed E-state index contributed by atoms with van der Waals surface area (Å²) in [5.41, 5.74) is 11.7. The van der Waals surface area contributed by atoms with Crippen LogP contribution in [0.3, 0.4) is 0 Å². The Morgan fingerprint density at radius 3 is 2.00 bits per heavy atom. The predicted molar refractivity (Wildman–Crippen MR) is 134 cm³/mol. The van der Waals surface area contributed by atoms with Gasteiger partial charge >= 0.3 is 0 Å². The van der Waals surface area contributed by atoms with E-state index in [1.807, 2.05) is 19.9 Å². The van der Waals surface area contributed by atoms with Gasteiger partial charge in [-0.1, -0.05) is 90.5 Å². The third-order valence-corrected chi connectivity index (χ3v) is 6.25. The molecule has 4 heteroatoms. The van der Waals surface area contributed by atoms with Gasteiger partial charge in [0.1, 0.15) is 12.2 Å². The topological polar surface area (TPSA) is 56.5 Å². The summed E-state index contributed by atoms with van der Waals surface area (Å²) in [6.45, 7) is 6.85. The van der Waals surface area contributed by atoms with Crippen LogP contribution in [0.5, 0.6) is 0 Å². The second-order valence-electron chi connectivity index (χ2n) is 9.58. The molecule has 1 heterocycles. The third-order valence-electron chi connectivity index (χ3n) is 6.25. The van der Waals surface area contributed by atoms with Gasteiger partial charge < -0.3 is 20.5 Å². The molecule has 4 rings (SSSR count).